The normalized spacial score (nSPS) is 15.5. The number of anilines is 1. The zero-order valence-corrected chi connectivity index (χ0v) is 19.6. The molecule has 0 bridgehead atoms. The van der Waals surface area contributed by atoms with Crippen molar-refractivity contribution in [2.75, 3.05) is 24.6 Å². The Morgan fingerprint density at radius 1 is 1.12 bits per heavy atom. The third kappa shape index (κ3) is 6.38. The van der Waals surface area contributed by atoms with E-state index in [-0.39, 0.29) is 31.4 Å². The zero-order valence-electron chi connectivity index (χ0n) is 17.9. The molecule has 2 amide bonds. The van der Waals surface area contributed by atoms with Gasteiger partial charge in [0.25, 0.3) is 5.91 Å². The summed E-state index contributed by atoms with van der Waals surface area (Å²) in [5, 5.41) is 9.33. The summed E-state index contributed by atoms with van der Waals surface area (Å²) in [6, 6.07) is 19.2. The van der Waals surface area contributed by atoms with Gasteiger partial charge in [0.1, 0.15) is 4.32 Å². The Kier molecular flexibility index (Phi) is 8.79. The molecule has 0 spiro atoms. The minimum atomic E-state index is -0.122. The van der Waals surface area contributed by atoms with Gasteiger partial charge in [-0.1, -0.05) is 78.6 Å². The van der Waals surface area contributed by atoms with Crippen molar-refractivity contribution in [3.05, 3.63) is 82.8 Å². The average Bonchev–Trinajstić information content (AvgIpc) is 3.05. The van der Waals surface area contributed by atoms with Crippen molar-refractivity contribution < 1.29 is 14.7 Å². The molecule has 0 radical (unpaired) electrons. The molecule has 0 atom stereocenters. The molecule has 1 aliphatic heterocycles. The zero-order chi connectivity index (χ0) is 22.9. The van der Waals surface area contributed by atoms with Gasteiger partial charge in [-0.2, -0.15) is 0 Å². The maximum absolute atomic E-state index is 12.8. The van der Waals surface area contributed by atoms with E-state index in [4.69, 9.17) is 12.2 Å². The highest BCUT2D eigenvalue weighted by molar-refractivity contribution is 8.26. The topological polar surface area (TPSA) is 60.9 Å². The van der Waals surface area contributed by atoms with E-state index in [2.05, 4.69) is 0 Å². The summed E-state index contributed by atoms with van der Waals surface area (Å²) in [5.41, 5.74) is 2.79. The summed E-state index contributed by atoms with van der Waals surface area (Å²) in [6.07, 6.45) is 4.63. The number of carbonyl (C=O) groups excluding carboxylic acids is 2. The van der Waals surface area contributed by atoms with Gasteiger partial charge in [0.15, 0.2) is 0 Å². The first-order valence-corrected chi connectivity index (χ1v) is 11.7. The maximum Gasteiger partial charge on any atom is 0.266 e. The fourth-order valence-corrected chi connectivity index (χ4v) is 4.74. The van der Waals surface area contributed by atoms with E-state index in [1.165, 1.54) is 11.8 Å². The smallest absolute Gasteiger partial charge is 0.266 e. The Morgan fingerprint density at radius 2 is 1.78 bits per heavy atom. The van der Waals surface area contributed by atoms with Gasteiger partial charge in [-0.3, -0.25) is 14.5 Å². The van der Waals surface area contributed by atoms with Crippen molar-refractivity contribution in [2.24, 2.45) is 0 Å². The number of aliphatic hydroxyl groups is 1. The highest BCUT2D eigenvalue weighted by atomic mass is 32.2. The second-order valence-corrected chi connectivity index (χ2v) is 9.02. The molecule has 1 saturated heterocycles. The van der Waals surface area contributed by atoms with Gasteiger partial charge in [-0.05, 0) is 42.7 Å². The van der Waals surface area contributed by atoms with Crippen LogP contribution in [0.25, 0.3) is 6.08 Å². The standard InChI is InChI=1S/C25H26N2O3S2/c1-19(17-20-9-4-2-5-10-20)18-22-24(30)27(25(31)32-22)14-8-13-23(29)26(15-16-28)21-11-6-3-7-12-21/h2-7,9-12,17-18,28H,8,13-16H2,1H3/b19-17+,22-18-. The van der Waals surface area contributed by atoms with E-state index in [9.17, 15) is 14.7 Å². The number of thioether (sulfide) groups is 1. The van der Waals surface area contributed by atoms with Gasteiger partial charge >= 0.3 is 0 Å². The highest BCUT2D eigenvalue weighted by Gasteiger charge is 2.31. The maximum atomic E-state index is 12.8. The number of allylic oxidation sites excluding steroid dienone is 2. The van der Waals surface area contributed by atoms with E-state index in [0.29, 0.717) is 22.2 Å². The van der Waals surface area contributed by atoms with Gasteiger partial charge in [0.2, 0.25) is 5.91 Å². The fraction of sp³-hybridized carbons (Fsp3) is 0.240. The molecule has 166 valence electrons. The summed E-state index contributed by atoms with van der Waals surface area (Å²) in [7, 11) is 0. The van der Waals surface area contributed by atoms with Crippen LogP contribution in [0.1, 0.15) is 25.3 Å². The molecule has 32 heavy (non-hydrogen) atoms. The first-order valence-electron chi connectivity index (χ1n) is 10.4. The molecule has 2 aromatic rings. The van der Waals surface area contributed by atoms with Gasteiger partial charge in [-0.25, -0.2) is 0 Å². The Bertz CT molecular complexity index is 1020. The molecule has 0 saturated carbocycles. The first-order chi connectivity index (χ1) is 15.5. The molecule has 5 nitrogen and oxygen atoms in total. The van der Waals surface area contributed by atoms with E-state index in [0.717, 1.165) is 16.8 Å². The third-order valence-corrected chi connectivity index (χ3v) is 6.27. The SMILES string of the molecule is CC(/C=C1\SC(=S)N(CCCC(=O)N(CCO)c2ccccc2)C1=O)=C\c1ccccc1. The van der Waals surface area contributed by atoms with Crippen LogP contribution < -0.4 is 4.90 Å². The molecule has 0 aromatic heterocycles. The third-order valence-electron chi connectivity index (χ3n) is 4.89. The van der Waals surface area contributed by atoms with Crippen LogP contribution in [0.15, 0.2) is 77.2 Å². The van der Waals surface area contributed by atoms with Gasteiger partial charge < -0.3 is 10.0 Å². The largest absolute Gasteiger partial charge is 0.395 e. The summed E-state index contributed by atoms with van der Waals surface area (Å²) < 4.78 is 0.511. The summed E-state index contributed by atoms with van der Waals surface area (Å²) in [4.78, 5) is 29.3. The number of para-hydroxylation sites is 1. The van der Waals surface area contributed by atoms with Crippen molar-refractivity contribution in [1.82, 2.24) is 4.90 Å². The van der Waals surface area contributed by atoms with Gasteiger partial charge in [0.05, 0.1) is 11.5 Å². The van der Waals surface area contributed by atoms with Crippen molar-refractivity contribution in [3.8, 4) is 0 Å². The van der Waals surface area contributed by atoms with Crippen LogP contribution in [-0.4, -0.2) is 45.8 Å². The number of carbonyl (C=O) groups is 2. The number of hydrogen-bond acceptors (Lipinski definition) is 5. The number of benzene rings is 2. The molecule has 2 aromatic carbocycles. The predicted octanol–water partition coefficient (Wildman–Crippen LogP) is 4.64. The molecule has 7 heteroatoms. The molecule has 3 rings (SSSR count). The van der Waals surface area contributed by atoms with Gasteiger partial charge in [0, 0.05) is 25.2 Å². The Labute approximate surface area is 198 Å². The average molecular weight is 467 g/mol. The predicted molar refractivity (Wildman–Crippen MR) is 135 cm³/mol. The molecule has 1 N–H and O–H groups in total. The summed E-state index contributed by atoms with van der Waals surface area (Å²) in [6.45, 7) is 2.46. The molecule has 1 aliphatic rings. The van der Waals surface area contributed by atoms with Crippen LogP contribution in [0.4, 0.5) is 5.69 Å². The lowest BCUT2D eigenvalue weighted by Gasteiger charge is -2.22. The van der Waals surface area contributed by atoms with Crippen molar-refractivity contribution in [2.45, 2.75) is 19.8 Å². The molecule has 1 heterocycles. The van der Waals surface area contributed by atoms with Crippen LogP contribution in [0, 0.1) is 0 Å². The van der Waals surface area contributed by atoms with Crippen LogP contribution in [0.2, 0.25) is 0 Å². The van der Waals surface area contributed by atoms with E-state index in [1.54, 1.807) is 9.80 Å². The number of hydrogen-bond donors (Lipinski definition) is 1. The van der Waals surface area contributed by atoms with Crippen LogP contribution in [0.5, 0.6) is 0 Å². The van der Waals surface area contributed by atoms with Crippen LogP contribution >= 0.6 is 24.0 Å². The Balaban J connectivity index is 1.58. The summed E-state index contributed by atoms with van der Waals surface area (Å²) >= 11 is 6.70. The highest BCUT2D eigenvalue weighted by Crippen LogP contribution is 2.32. The number of rotatable bonds is 9. The minimum absolute atomic E-state index is 0.0899. The minimum Gasteiger partial charge on any atom is -0.395 e. The lowest BCUT2D eigenvalue weighted by molar-refractivity contribution is -0.123. The van der Waals surface area contributed by atoms with E-state index >= 15 is 0 Å². The van der Waals surface area contributed by atoms with E-state index < -0.39 is 0 Å². The lowest BCUT2D eigenvalue weighted by atomic mass is 10.1. The van der Waals surface area contributed by atoms with E-state index in [1.807, 2.05) is 79.7 Å². The molecule has 0 aliphatic carbocycles. The van der Waals surface area contributed by atoms with Crippen molar-refractivity contribution in [1.29, 1.82) is 0 Å². The molecular weight excluding hydrogens is 440 g/mol. The molecular formula is C25H26N2O3S2. The number of aliphatic hydroxyl groups excluding tert-OH is 1. The second kappa shape index (κ2) is 11.8. The molecule has 1 fully saturated rings. The number of thiocarbonyl (C=S) groups is 1. The Morgan fingerprint density at radius 3 is 2.44 bits per heavy atom. The quantitative estimate of drug-likeness (QED) is 0.431. The van der Waals surface area contributed by atoms with Gasteiger partial charge in [-0.15, -0.1) is 0 Å². The monoisotopic (exact) mass is 466 g/mol. The van der Waals surface area contributed by atoms with Crippen LogP contribution in [0.3, 0.4) is 0 Å². The molecule has 0 unspecified atom stereocenters. The first kappa shape index (κ1) is 23.9. The van der Waals surface area contributed by atoms with Crippen molar-refractivity contribution in [3.63, 3.8) is 0 Å². The fourth-order valence-electron chi connectivity index (χ4n) is 3.38. The summed E-state index contributed by atoms with van der Waals surface area (Å²) in [5.74, 6) is -0.212. The Hall–Kier alpha value is -2.74. The van der Waals surface area contributed by atoms with Crippen molar-refractivity contribution >= 4 is 51.9 Å². The number of amides is 2. The number of nitrogens with zero attached hydrogens (tertiary/aromatic N) is 2. The second-order valence-electron chi connectivity index (χ2n) is 7.34. The lowest BCUT2D eigenvalue weighted by Crippen LogP contribution is -2.35. The van der Waals surface area contributed by atoms with Crippen LogP contribution in [-0.2, 0) is 9.59 Å².